The summed E-state index contributed by atoms with van der Waals surface area (Å²) < 4.78 is 11.0. The average molecular weight is 502 g/mol. The zero-order valence-electron chi connectivity index (χ0n) is 22.2. The first-order valence-electron chi connectivity index (χ1n) is 13.1. The lowest BCUT2D eigenvalue weighted by atomic mass is 9.93. The molecular formula is C32H39NO4. The summed E-state index contributed by atoms with van der Waals surface area (Å²) in [6.45, 7) is 7.61. The van der Waals surface area contributed by atoms with Crippen molar-refractivity contribution in [3.05, 3.63) is 90.0 Å². The molecule has 5 nitrogen and oxygen atoms in total. The molecule has 2 aromatic rings. The van der Waals surface area contributed by atoms with Crippen LogP contribution in [0.15, 0.2) is 78.9 Å². The van der Waals surface area contributed by atoms with E-state index in [0.29, 0.717) is 12.0 Å². The predicted octanol–water partition coefficient (Wildman–Crippen LogP) is 7.43. The van der Waals surface area contributed by atoms with Gasteiger partial charge in [-0.2, -0.15) is 5.26 Å². The molecule has 37 heavy (non-hydrogen) atoms. The van der Waals surface area contributed by atoms with Crippen molar-refractivity contribution >= 4 is 17.5 Å². The first-order valence-corrected chi connectivity index (χ1v) is 13.1. The van der Waals surface area contributed by atoms with Crippen LogP contribution in [0.3, 0.4) is 0 Å². The van der Waals surface area contributed by atoms with Gasteiger partial charge in [-0.3, -0.25) is 4.79 Å². The molecule has 0 aromatic heterocycles. The summed E-state index contributed by atoms with van der Waals surface area (Å²) in [4.78, 5) is 25.2. The van der Waals surface area contributed by atoms with Crippen LogP contribution in [0, 0.1) is 16.7 Å². The molecule has 0 aliphatic carbocycles. The first-order chi connectivity index (χ1) is 17.9. The van der Waals surface area contributed by atoms with Crippen LogP contribution >= 0.6 is 0 Å². The highest BCUT2D eigenvalue weighted by atomic mass is 16.5. The van der Waals surface area contributed by atoms with Crippen molar-refractivity contribution in [1.82, 2.24) is 0 Å². The van der Waals surface area contributed by atoms with E-state index in [4.69, 9.17) is 9.47 Å². The van der Waals surface area contributed by atoms with E-state index in [9.17, 15) is 14.9 Å². The Bertz CT molecular complexity index is 1020. The van der Waals surface area contributed by atoms with Gasteiger partial charge in [-0.1, -0.05) is 106 Å². The molecule has 0 bridgehead atoms. The number of allylic oxidation sites excluding steroid dienone is 1. The van der Waals surface area contributed by atoms with Crippen LogP contribution in [-0.4, -0.2) is 25.2 Å². The van der Waals surface area contributed by atoms with Gasteiger partial charge in [0.2, 0.25) is 0 Å². The van der Waals surface area contributed by atoms with E-state index >= 15 is 0 Å². The molecule has 0 atom stereocenters. The number of hydrogen-bond donors (Lipinski definition) is 0. The van der Waals surface area contributed by atoms with Gasteiger partial charge in [0.1, 0.15) is 18.2 Å². The third kappa shape index (κ3) is 10.9. The van der Waals surface area contributed by atoms with Crippen LogP contribution in [0.5, 0.6) is 0 Å². The van der Waals surface area contributed by atoms with Crippen LogP contribution in [0.4, 0.5) is 0 Å². The number of nitrogens with zero attached hydrogens (tertiary/aromatic N) is 1. The van der Waals surface area contributed by atoms with Gasteiger partial charge in [-0.15, -0.1) is 6.58 Å². The minimum Gasteiger partial charge on any atom is -0.465 e. The zero-order valence-corrected chi connectivity index (χ0v) is 22.2. The third-order valence-electron chi connectivity index (χ3n) is 5.95. The molecule has 0 radical (unpaired) electrons. The molecule has 2 aromatic carbocycles. The van der Waals surface area contributed by atoms with Crippen molar-refractivity contribution in [2.45, 2.75) is 65.2 Å². The second-order valence-electron chi connectivity index (χ2n) is 9.94. The van der Waals surface area contributed by atoms with E-state index in [1.165, 1.54) is 19.3 Å². The molecule has 0 aliphatic heterocycles. The summed E-state index contributed by atoms with van der Waals surface area (Å²) in [5.41, 5.74) is 1.39. The van der Waals surface area contributed by atoms with Gasteiger partial charge in [0.25, 0.3) is 0 Å². The maximum atomic E-state index is 13.0. The van der Waals surface area contributed by atoms with Crippen molar-refractivity contribution in [3.8, 4) is 6.07 Å². The van der Waals surface area contributed by atoms with E-state index in [2.05, 4.69) is 6.58 Å². The van der Waals surface area contributed by atoms with E-state index in [-0.39, 0.29) is 24.8 Å². The topological polar surface area (TPSA) is 76.4 Å². The summed E-state index contributed by atoms with van der Waals surface area (Å²) in [6.07, 6.45) is 9.90. The average Bonchev–Trinajstić information content (AvgIpc) is 2.91. The van der Waals surface area contributed by atoms with E-state index < -0.39 is 11.4 Å². The highest BCUT2D eigenvalue weighted by Gasteiger charge is 2.26. The van der Waals surface area contributed by atoms with Crippen LogP contribution < -0.4 is 0 Å². The minimum atomic E-state index is -0.697. The molecule has 196 valence electrons. The molecular weight excluding hydrogens is 462 g/mol. The van der Waals surface area contributed by atoms with Crippen LogP contribution in [0.2, 0.25) is 0 Å². The van der Waals surface area contributed by atoms with Gasteiger partial charge in [-0.25, -0.2) is 4.79 Å². The summed E-state index contributed by atoms with van der Waals surface area (Å²) in [5.74, 6) is -0.934. The van der Waals surface area contributed by atoms with Gasteiger partial charge in [0, 0.05) is 17.4 Å². The second-order valence-corrected chi connectivity index (χ2v) is 9.94. The number of carbonyl (C=O) groups excluding carboxylic acids is 2. The summed E-state index contributed by atoms with van der Waals surface area (Å²) in [6, 6.07) is 20.7. The monoisotopic (exact) mass is 501 g/mol. The Hall–Kier alpha value is -3.65. The number of ether oxygens (including phenoxy) is 2. The van der Waals surface area contributed by atoms with Gasteiger partial charge >= 0.3 is 11.9 Å². The Morgan fingerprint density at radius 2 is 1.35 bits per heavy atom. The van der Waals surface area contributed by atoms with Gasteiger partial charge in [-0.05, 0) is 30.4 Å². The molecule has 0 saturated heterocycles. The summed E-state index contributed by atoms with van der Waals surface area (Å²) >= 11 is 0. The quantitative estimate of drug-likeness (QED) is 0.0786. The predicted molar refractivity (Wildman–Crippen MR) is 147 cm³/mol. The molecule has 0 saturated carbocycles. The standard InChI is InChI=1S/C32H39NO4/c1-4-5-6-7-8-9-10-17-22-29(34)36-24-32(2,3)25-37-31(35)28(23-33)30(26-18-13-11-14-19-26)27-20-15-12-16-21-27/h4,11-16,18-21H,1,5-10,17,22,24-25H2,2-3H3. The summed E-state index contributed by atoms with van der Waals surface area (Å²) in [5, 5.41) is 9.89. The highest BCUT2D eigenvalue weighted by molar-refractivity contribution is 6.05. The molecule has 0 aliphatic rings. The largest absolute Gasteiger partial charge is 0.465 e. The third-order valence-corrected chi connectivity index (χ3v) is 5.95. The number of rotatable bonds is 16. The molecule has 2 rings (SSSR count). The SMILES string of the molecule is C=CCCCCCCCCC(=O)OCC(C)(C)COC(=O)C(C#N)=C(c1ccccc1)c1ccccc1. The van der Waals surface area contributed by atoms with Crippen LogP contribution in [-0.2, 0) is 19.1 Å². The molecule has 0 fully saturated rings. The van der Waals surface area contributed by atoms with Crippen molar-refractivity contribution in [2.24, 2.45) is 5.41 Å². The van der Waals surface area contributed by atoms with Gasteiger partial charge in [0.15, 0.2) is 0 Å². The first kappa shape index (κ1) is 29.6. The van der Waals surface area contributed by atoms with Crippen molar-refractivity contribution in [3.63, 3.8) is 0 Å². The minimum absolute atomic E-state index is 0.0197. The van der Waals surface area contributed by atoms with E-state index in [0.717, 1.165) is 36.8 Å². The number of hydrogen-bond acceptors (Lipinski definition) is 5. The Balaban J connectivity index is 1.90. The number of carbonyl (C=O) groups is 2. The van der Waals surface area contributed by atoms with Gasteiger partial charge < -0.3 is 9.47 Å². The Labute approximate surface area is 221 Å². The molecule has 0 N–H and O–H groups in total. The zero-order chi connectivity index (χ0) is 26.9. The van der Waals surface area contributed by atoms with Crippen LogP contribution in [0.25, 0.3) is 5.57 Å². The number of benzene rings is 2. The molecule has 0 heterocycles. The Morgan fingerprint density at radius 3 is 1.89 bits per heavy atom. The van der Waals surface area contributed by atoms with Crippen LogP contribution in [0.1, 0.15) is 76.3 Å². The fourth-order valence-corrected chi connectivity index (χ4v) is 3.86. The summed E-state index contributed by atoms with van der Waals surface area (Å²) in [7, 11) is 0. The molecule has 5 heteroatoms. The smallest absolute Gasteiger partial charge is 0.349 e. The normalized spacial score (nSPS) is 10.7. The molecule has 0 unspecified atom stereocenters. The molecule has 0 spiro atoms. The highest BCUT2D eigenvalue weighted by Crippen LogP contribution is 2.28. The fraction of sp³-hybridized carbons (Fsp3) is 0.406. The molecule has 0 amide bonds. The number of esters is 2. The lowest BCUT2D eigenvalue weighted by molar-refractivity contribution is -0.150. The van der Waals surface area contributed by atoms with Crippen molar-refractivity contribution in [1.29, 1.82) is 5.26 Å². The number of nitriles is 1. The number of unbranched alkanes of at least 4 members (excludes halogenated alkanes) is 6. The fourth-order valence-electron chi connectivity index (χ4n) is 3.86. The van der Waals surface area contributed by atoms with E-state index in [1.54, 1.807) is 0 Å². The maximum absolute atomic E-state index is 13.0. The Morgan fingerprint density at radius 1 is 0.838 bits per heavy atom. The Kier molecular flexibility index (Phi) is 12.9. The lowest BCUT2D eigenvalue weighted by Gasteiger charge is -2.24. The second kappa shape index (κ2) is 16.2. The van der Waals surface area contributed by atoms with E-state index in [1.807, 2.05) is 86.7 Å². The lowest BCUT2D eigenvalue weighted by Crippen LogP contribution is -2.29. The maximum Gasteiger partial charge on any atom is 0.349 e. The van der Waals surface area contributed by atoms with Crippen molar-refractivity contribution < 1.29 is 19.1 Å². The van der Waals surface area contributed by atoms with Crippen molar-refractivity contribution in [2.75, 3.05) is 13.2 Å². The van der Waals surface area contributed by atoms with Gasteiger partial charge in [0.05, 0.1) is 6.61 Å².